The Kier molecular flexibility index (Phi) is 5.84. The van der Waals surface area contributed by atoms with Crippen molar-refractivity contribution in [3.05, 3.63) is 65.5 Å². The molecule has 0 saturated heterocycles. The SMILES string of the molecule is CC(C)c1cc(NCc2cccc(B(O)O)c2)nc(-c2nnn3c(C(N)=O)cccc23)n1. The van der Waals surface area contributed by atoms with Gasteiger partial charge in [0.15, 0.2) is 11.5 Å². The standard InChI is InChI=1S/C21H22BN7O3/c1-12(2)15-10-18(24-11-13-5-3-6-14(9-13)22(31)32)26-21(25-15)19-16-7-4-8-17(20(23)30)29(16)28-27-19/h3-10,12,31-32H,11H2,1-2H3,(H2,23,30)(H,24,25,26). The van der Waals surface area contributed by atoms with E-state index in [0.29, 0.717) is 34.9 Å². The van der Waals surface area contributed by atoms with Crippen molar-refractivity contribution in [1.82, 2.24) is 24.8 Å². The van der Waals surface area contributed by atoms with Crippen molar-refractivity contribution in [1.29, 1.82) is 0 Å². The second kappa shape index (κ2) is 8.73. The molecule has 0 saturated carbocycles. The highest BCUT2D eigenvalue weighted by molar-refractivity contribution is 6.58. The Morgan fingerprint density at radius 2 is 1.94 bits per heavy atom. The van der Waals surface area contributed by atoms with Crippen molar-refractivity contribution in [2.45, 2.75) is 26.3 Å². The number of hydrogen-bond donors (Lipinski definition) is 4. The Bertz CT molecular complexity index is 1290. The van der Waals surface area contributed by atoms with Crippen molar-refractivity contribution < 1.29 is 14.8 Å². The maximum atomic E-state index is 11.7. The van der Waals surface area contributed by atoms with Crippen LogP contribution in [0.5, 0.6) is 0 Å². The normalized spacial score (nSPS) is 11.2. The third-order valence-corrected chi connectivity index (χ3v) is 4.97. The molecule has 10 nitrogen and oxygen atoms in total. The van der Waals surface area contributed by atoms with Gasteiger partial charge >= 0.3 is 7.12 Å². The number of aromatic nitrogens is 5. The fourth-order valence-electron chi connectivity index (χ4n) is 3.28. The van der Waals surface area contributed by atoms with E-state index in [9.17, 15) is 14.8 Å². The highest BCUT2D eigenvalue weighted by Gasteiger charge is 2.18. The fourth-order valence-corrected chi connectivity index (χ4v) is 3.28. The first-order valence-electron chi connectivity index (χ1n) is 10.1. The third-order valence-electron chi connectivity index (χ3n) is 4.97. The molecule has 5 N–H and O–H groups in total. The number of anilines is 1. The summed E-state index contributed by atoms with van der Waals surface area (Å²) < 4.78 is 1.38. The zero-order valence-corrected chi connectivity index (χ0v) is 17.6. The van der Waals surface area contributed by atoms with Gasteiger partial charge in [-0.3, -0.25) is 4.79 Å². The summed E-state index contributed by atoms with van der Waals surface area (Å²) in [5, 5.41) is 30.3. The number of nitrogens with two attached hydrogens (primary N) is 1. The van der Waals surface area contributed by atoms with Gasteiger partial charge in [0, 0.05) is 18.3 Å². The number of primary amides is 1. The average Bonchev–Trinajstić information content (AvgIpc) is 3.21. The Hall–Kier alpha value is -3.83. The molecule has 0 aliphatic heterocycles. The molecule has 0 radical (unpaired) electrons. The molecule has 3 heterocycles. The summed E-state index contributed by atoms with van der Waals surface area (Å²) in [6, 6.07) is 13.9. The van der Waals surface area contributed by atoms with Crippen molar-refractivity contribution in [2.75, 3.05) is 5.32 Å². The van der Waals surface area contributed by atoms with Gasteiger partial charge in [0.05, 0.1) is 5.52 Å². The Morgan fingerprint density at radius 1 is 1.16 bits per heavy atom. The molecule has 0 aliphatic carbocycles. The van der Waals surface area contributed by atoms with Crippen LogP contribution in [0.1, 0.15) is 41.5 Å². The van der Waals surface area contributed by atoms with Crippen LogP contribution >= 0.6 is 0 Å². The lowest BCUT2D eigenvalue weighted by Gasteiger charge is -2.12. The van der Waals surface area contributed by atoms with Crippen LogP contribution in [0.2, 0.25) is 0 Å². The predicted molar refractivity (Wildman–Crippen MR) is 120 cm³/mol. The number of rotatable bonds is 7. The van der Waals surface area contributed by atoms with Crippen LogP contribution in [0.4, 0.5) is 5.82 Å². The molecule has 32 heavy (non-hydrogen) atoms. The van der Waals surface area contributed by atoms with Crippen molar-refractivity contribution in [3.63, 3.8) is 0 Å². The minimum atomic E-state index is -1.53. The molecule has 11 heteroatoms. The minimum Gasteiger partial charge on any atom is -0.423 e. The maximum absolute atomic E-state index is 11.7. The molecule has 162 valence electrons. The van der Waals surface area contributed by atoms with Gasteiger partial charge in [0.1, 0.15) is 11.5 Å². The molecule has 0 fully saturated rings. The molecular weight excluding hydrogens is 409 g/mol. The molecule has 0 atom stereocenters. The largest absolute Gasteiger partial charge is 0.488 e. The Morgan fingerprint density at radius 3 is 2.66 bits per heavy atom. The van der Waals surface area contributed by atoms with E-state index in [1.165, 1.54) is 4.52 Å². The number of amides is 1. The monoisotopic (exact) mass is 431 g/mol. The van der Waals surface area contributed by atoms with Crippen LogP contribution in [0.25, 0.3) is 17.0 Å². The molecule has 0 unspecified atom stereocenters. The van der Waals surface area contributed by atoms with E-state index < -0.39 is 13.0 Å². The lowest BCUT2D eigenvalue weighted by molar-refractivity contribution is 0.0993. The summed E-state index contributed by atoms with van der Waals surface area (Å²) in [6.07, 6.45) is 0. The summed E-state index contributed by atoms with van der Waals surface area (Å²) in [4.78, 5) is 21.0. The van der Waals surface area contributed by atoms with Crippen molar-refractivity contribution >= 4 is 29.8 Å². The Balaban J connectivity index is 1.70. The van der Waals surface area contributed by atoms with E-state index in [0.717, 1.165) is 11.3 Å². The molecule has 0 aliphatic rings. The smallest absolute Gasteiger partial charge is 0.423 e. The number of hydrogen-bond acceptors (Lipinski definition) is 8. The maximum Gasteiger partial charge on any atom is 0.488 e. The van der Waals surface area contributed by atoms with Crippen molar-refractivity contribution in [3.8, 4) is 11.5 Å². The first kappa shape index (κ1) is 21.4. The van der Waals surface area contributed by atoms with Crippen LogP contribution in [-0.4, -0.2) is 47.9 Å². The topological polar surface area (TPSA) is 152 Å². The van der Waals surface area contributed by atoms with E-state index >= 15 is 0 Å². The van der Waals surface area contributed by atoms with Gasteiger partial charge in [-0.15, -0.1) is 5.10 Å². The lowest BCUT2D eigenvalue weighted by Crippen LogP contribution is -2.30. The zero-order chi connectivity index (χ0) is 22.8. The highest BCUT2D eigenvalue weighted by atomic mass is 16.4. The van der Waals surface area contributed by atoms with E-state index in [2.05, 4.69) is 25.6 Å². The van der Waals surface area contributed by atoms with Crippen LogP contribution < -0.4 is 16.5 Å². The van der Waals surface area contributed by atoms with Gasteiger partial charge in [0.25, 0.3) is 5.91 Å². The Labute approximate surface area is 184 Å². The lowest BCUT2D eigenvalue weighted by atomic mass is 9.80. The molecule has 1 aromatic carbocycles. The van der Waals surface area contributed by atoms with Gasteiger partial charge in [-0.1, -0.05) is 49.4 Å². The molecule has 4 aromatic rings. The highest BCUT2D eigenvalue weighted by Crippen LogP contribution is 2.24. The van der Waals surface area contributed by atoms with Gasteiger partial charge in [-0.2, -0.15) is 0 Å². The summed E-state index contributed by atoms with van der Waals surface area (Å²) in [6.45, 7) is 4.47. The summed E-state index contributed by atoms with van der Waals surface area (Å²) >= 11 is 0. The molecule has 3 aromatic heterocycles. The zero-order valence-electron chi connectivity index (χ0n) is 17.6. The second-order valence-electron chi connectivity index (χ2n) is 7.64. The number of benzene rings is 1. The average molecular weight is 431 g/mol. The number of carbonyl (C=O) groups is 1. The van der Waals surface area contributed by atoms with Gasteiger partial charge in [-0.25, -0.2) is 14.5 Å². The molecule has 0 bridgehead atoms. The number of nitrogens with zero attached hydrogens (tertiary/aromatic N) is 5. The van der Waals surface area contributed by atoms with Gasteiger partial charge in [0.2, 0.25) is 0 Å². The fraction of sp³-hybridized carbons (Fsp3) is 0.190. The van der Waals surface area contributed by atoms with Gasteiger partial charge < -0.3 is 21.1 Å². The second-order valence-corrected chi connectivity index (χ2v) is 7.64. The first-order chi connectivity index (χ1) is 15.3. The molecule has 0 spiro atoms. The van der Waals surface area contributed by atoms with E-state index in [-0.39, 0.29) is 11.6 Å². The number of carbonyl (C=O) groups excluding carboxylic acids is 1. The summed E-state index contributed by atoms with van der Waals surface area (Å²) in [5.41, 5.74) is 8.74. The molecule has 4 rings (SSSR count). The quantitative estimate of drug-likeness (QED) is 0.312. The number of nitrogens with one attached hydrogen (secondary N) is 1. The summed E-state index contributed by atoms with van der Waals surface area (Å²) in [7, 11) is -1.53. The third kappa shape index (κ3) is 4.29. The predicted octanol–water partition coefficient (Wildman–Crippen LogP) is 0.700. The summed E-state index contributed by atoms with van der Waals surface area (Å²) in [5.74, 6) is 0.477. The molecule has 1 amide bonds. The number of pyridine rings is 1. The van der Waals surface area contributed by atoms with Gasteiger partial charge in [-0.05, 0) is 29.1 Å². The minimum absolute atomic E-state index is 0.133. The number of fused-ring (bicyclic) bond motifs is 1. The van der Waals surface area contributed by atoms with Crippen molar-refractivity contribution in [2.24, 2.45) is 5.73 Å². The van der Waals surface area contributed by atoms with Crippen LogP contribution in [0.3, 0.4) is 0 Å². The van der Waals surface area contributed by atoms with Crippen LogP contribution in [0.15, 0.2) is 48.5 Å². The van der Waals surface area contributed by atoms with E-state index in [1.54, 1.807) is 36.4 Å². The van der Waals surface area contributed by atoms with E-state index in [4.69, 9.17) is 5.73 Å². The molecular formula is C21H22BN7O3. The van der Waals surface area contributed by atoms with Crippen LogP contribution in [0, 0.1) is 0 Å². The first-order valence-corrected chi connectivity index (χ1v) is 10.1. The van der Waals surface area contributed by atoms with E-state index in [1.807, 2.05) is 26.0 Å². The van der Waals surface area contributed by atoms with Crippen LogP contribution in [-0.2, 0) is 6.54 Å².